The highest BCUT2D eigenvalue weighted by Crippen LogP contribution is 2.29. The van der Waals surface area contributed by atoms with Crippen LogP contribution < -0.4 is 16.4 Å². The van der Waals surface area contributed by atoms with Crippen LogP contribution in [0.15, 0.2) is 66.4 Å². The minimum atomic E-state index is -0.353. The van der Waals surface area contributed by atoms with Gasteiger partial charge in [0.1, 0.15) is 0 Å². The second-order valence-electron chi connectivity index (χ2n) is 5.01. The number of nitrogens with zero attached hydrogens (tertiary/aromatic N) is 1. The van der Waals surface area contributed by atoms with Gasteiger partial charge < -0.3 is 10.9 Å². The quantitative estimate of drug-likeness (QED) is 0.581. The van der Waals surface area contributed by atoms with Crippen LogP contribution in [0.25, 0.3) is 5.70 Å². The van der Waals surface area contributed by atoms with E-state index in [0.29, 0.717) is 0 Å². The molecule has 1 aliphatic heterocycles. The summed E-state index contributed by atoms with van der Waals surface area (Å²) in [6, 6.07) is 19.2. The Labute approximate surface area is 127 Å². The van der Waals surface area contributed by atoms with Crippen molar-refractivity contribution in [3.8, 4) is 0 Å². The number of hydrogen-bond donors (Lipinski definition) is 3. The molecule has 1 aliphatic rings. The molecule has 2 aromatic carbocycles. The van der Waals surface area contributed by atoms with Crippen molar-refractivity contribution in [3.63, 3.8) is 0 Å². The summed E-state index contributed by atoms with van der Waals surface area (Å²) in [6.07, 6.45) is 0. The number of benzene rings is 2. The normalized spacial score (nSPS) is 15.1. The molecule has 1 unspecified atom stereocenters. The molecule has 1 atom stereocenters. The number of rotatable bonds is 5. The third-order valence-electron chi connectivity index (χ3n) is 3.60. The van der Waals surface area contributed by atoms with Crippen molar-refractivity contribution in [1.29, 1.82) is 0 Å². The zero-order valence-electron chi connectivity index (χ0n) is 11.8. The summed E-state index contributed by atoms with van der Waals surface area (Å²) >= 11 is 0. The Balaban J connectivity index is 2.04. The van der Waals surface area contributed by atoms with Gasteiger partial charge >= 0.3 is 0 Å². The molecule has 6 heteroatoms. The Hall–Kier alpha value is -2.86. The smallest absolute Gasteiger partial charge is 0.216 e. The summed E-state index contributed by atoms with van der Waals surface area (Å²) in [4.78, 5) is 10.8. The lowest BCUT2D eigenvalue weighted by molar-refractivity contribution is -0.482. The van der Waals surface area contributed by atoms with Crippen LogP contribution in [0, 0.1) is 10.1 Å². The molecule has 0 aliphatic carbocycles. The van der Waals surface area contributed by atoms with Gasteiger partial charge in [0, 0.05) is 10.5 Å². The third kappa shape index (κ3) is 2.91. The zero-order chi connectivity index (χ0) is 15.4. The molecular weight excluding hydrogens is 280 g/mol. The molecule has 1 heterocycles. The molecule has 0 amide bonds. The van der Waals surface area contributed by atoms with Gasteiger partial charge in [-0.3, -0.25) is 10.1 Å². The van der Waals surface area contributed by atoms with E-state index in [4.69, 9.17) is 0 Å². The topological polar surface area (TPSA) is 79.2 Å². The summed E-state index contributed by atoms with van der Waals surface area (Å²) in [7, 11) is 0. The van der Waals surface area contributed by atoms with Crippen molar-refractivity contribution in [2.24, 2.45) is 0 Å². The van der Waals surface area contributed by atoms with Gasteiger partial charge in [-0.2, -0.15) is 5.53 Å². The van der Waals surface area contributed by atoms with Gasteiger partial charge in [0.2, 0.25) is 6.54 Å². The van der Waals surface area contributed by atoms with Crippen molar-refractivity contribution >= 4 is 5.70 Å². The molecule has 0 saturated heterocycles. The summed E-state index contributed by atoms with van der Waals surface area (Å²) in [6.45, 7) is -0.175. The van der Waals surface area contributed by atoms with E-state index >= 15 is 0 Å². The van der Waals surface area contributed by atoms with Crippen molar-refractivity contribution in [2.75, 3.05) is 6.54 Å². The first kappa shape index (κ1) is 14.1. The fraction of sp³-hybridized carbons (Fsp3) is 0.125. The average Bonchev–Trinajstić information content (AvgIpc) is 3.03. The Kier molecular flexibility index (Phi) is 4.02. The van der Waals surface area contributed by atoms with E-state index in [0.717, 1.165) is 22.5 Å². The fourth-order valence-electron chi connectivity index (χ4n) is 2.58. The molecule has 0 fully saturated rings. The van der Waals surface area contributed by atoms with Crippen LogP contribution in [0.3, 0.4) is 0 Å². The molecule has 0 saturated carbocycles. The lowest BCUT2D eigenvalue weighted by Gasteiger charge is -2.16. The van der Waals surface area contributed by atoms with Crippen molar-refractivity contribution < 1.29 is 4.92 Å². The molecule has 3 N–H and O–H groups in total. The van der Waals surface area contributed by atoms with Crippen LogP contribution in [-0.4, -0.2) is 11.5 Å². The Morgan fingerprint density at radius 3 is 2.23 bits per heavy atom. The van der Waals surface area contributed by atoms with Crippen molar-refractivity contribution in [3.05, 3.63) is 87.6 Å². The molecule has 112 valence electrons. The van der Waals surface area contributed by atoms with E-state index in [1.165, 1.54) is 0 Å². The molecule has 0 aromatic heterocycles. The van der Waals surface area contributed by atoms with Crippen LogP contribution in [0.5, 0.6) is 0 Å². The summed E-state index contributed by atoms with van der Waals surface area (Å²) in [5.74, 6) is -0.353. The van der Waals surface area contributed by atoms with Gasteiger partial charge in [0.15, 0.2) is 0 Å². The molecule has 22 heavy (non-hydrogen) atoms. The van der Waals surface area contributed by atoms with E-state index in [2.05, 4.69) is 16.4 Å². The number of nitro groups is 1. The van der Waals surface area contributed by atoms with E-state index in [9.17, 15) is 10.1 Å². The van der Waals surface area contributed by atoms with Crippen LogP contribution in [0.4, 0.5) is 0 Å². The predicted octanol–water partition coefficient (Wildman–Crippen LogP) is 2.03. The Bertz CT molecular complexity index is 686. The summed E-state index contributed by atoms with van der Waals surface area (Å²) in [5, 5.41) is 11.1. The minimum absolute atomic E-state index is 0.175. The van der Waals surface area contributed by atoms with Gasteiger partial charge in [-0.15, -0.1) is 0 Å². The summed E-state index contributed by atoms with van der Waals surface area (Å²) in [5.41, 5.74) is 12.4. The van der Waals surface area contributed by atoms with Crippen molar-refractivity contribution in [2.45, 2.75) is 5.92 Å². The second-order valence-corrected chi connectivity index (χ2v) is 5.01. The van der Waals surface area contributed by atoms with Crippen LogP contribution in [0.1, 0.15) is 17.0 Å². The van der Waals surface area contributed by atoms with Crippen molar-refractivity contribution in [1.82, 2.24) is 16.4 Å². The second kappa shape index (κ2) is 6.28. The monoisotopic (exact) mass is 296 g/mol. The summed E-state index contributed by atoms with van der Waals surface area (Å²) < 4.78 is 0. The number of hydrazine groups is 2. The van der Waals surface area contributed by atoms with Gasteiger partial charge in [-0.25, -0.2) is 0 Å². The van der Waals surface area contributed by atoms with E-state index in [1.807, 2.05) is 60.7 Å². The molecule has 3 rings (SSSR count). The highest BCUT2D eigenvalue weighted by atomic mass is 16.6. The maximum Gasteiger partial charge on any atom is 0.216 e. The number of hydrogen-bond acceptors (Lipinski definition) is 5. The lowest BCUT2D eigenvalue weighted by atomic mass is 9.93. The largest absolute Gasteiger partial charge is 0.305 e. The third-order valence-corrected chi connectivity index (χ3v) is 3.60. The highest BCUT2D eigenvalue weighted by Gasteiger charge is 2.28. The molecule has 0 bridgehead atoms. The Morgan fingerprint density at radius 2 is 1.59 bits per heavy atom. The maximum absolute atomic E-state index is 11.1. The number of nitrogens with one attached hydrogen (secondary N) is 3. The van der Waals surface area contributed by atoms with E-state index < -0.39 is 0 Å². The fourth-order valence-corrected chi connectivity index (χ4v) is 2.58. The van der Waals surface area contributed by atoms with Crippen LogP contribution >= 0.6 is 0 Å². The molecular formula is C16H16N4O2. The van der Waals surface area contributed by atoms with E-state index in [-0.39, 0.29) is 17.4 Å². The SMILES string of the molecule is O=[N+]([O-])CC(C1=C(c2ccccc2)NNN1)c1ccccc1. The highest BCUT2D eigenvalue weighted by molar-refractivity contribution is 5.69. The van der Waals surface area contributed by atoms with Gasteiger partial charge in [-0.1, -0.05) is 60.7 Å². The van der Waals surface area contributed by atoms with Gasteiger partial charge in [0.25, 0.3) is 0 Å². The standard InChI is InChI=1S/C16H16N4O2/c21-20(22)11-14(12-7-3-1-4-8-12)16-15(17-19-18-16)13-9-5-2-6-10-13/h1-10,14,17-19H,11H2. The zero-order valence-corrected chi connectivity index (χ0v) is 11.8. The first-order valence-corrected chi connectivity index (χ1v) is 6.99. The molecule has 2 aromatic rings. The average molecular weight is 296 g/mol. The Morgan fingerprint density at radius 1 is 0.955 bits per heavy atom. The molecule has 6 nitrogen and oxygen atoms in total. The van der Waals surface area contributed by atoms with E-state index in [1.54, 1.807) is 0 Å². The maximum atomic E-state index is 11.1. The van der Waals surface area contributed by atoms with Gasteiger partial charge in [-0.05, 0) is 5.56 Å². The van der Waals surface area contributed by atoms with Gasteiger partial charge in [0.05, 0.1) is 17.3 Å². The first-order chi connectivity index (χ1) is 10.8. The van der Waals surface area contributed by atoms with Crippen LogP contribution in [-0.2, 0) is 0 Å². The lowest BCUT2D eigenvalue weighted by Crippen LogP contribution is -2.34. The predicted molar refractivity (Wildman–Crippen MR) is 83.8 cm³/mol. The van der Waals surface area contributed by atoms with Crippen LogP contribution in [0.2, 0.25) is 0 Å². The molecule has 0 spiro atoms. The first-order valence-electron chi connectivity index (χ1n) is 6.99. The minimum Gasteiger partial charge on any atom is -0.305 e. The molecule has 0 radical (unpaired) electrons.